The van der Waals surface area contributed by atoms with Gasteiger partial charge >= 0.3 is 18.0 Å². The highest BCUT2D eigenvalue weighted by Gasteiger charge is 2.30. The molecule has 2 N–H and O–H groups in total. The van der Waals surface area contributed by atoms with E-state index >= 15 is 0 Å². The molecule has 0 aromatic heterocycles. The van der Waals surface area contributed by atoms with E-state index in [-0.39, 0.29) is 24.5 Å². The molecule has 1 atom stereocenters. The molecule has 29 heavy (non-hydrogen) atoms. The second-order valence-electron chi connectivity index (χ2n) is 5.96. The molecule has 0 fully saturated rings. The Morgan fingerprint density at radius 1 is 1.17 bits per heavy atom. The quantitative estimate of drug-likeness (QED) is 0.502. The molecule has 1 aromatic rings. The van der Waals surface area contributed by atoms with E-state index in [1.54, 1.807) is 32.0 Å². The smallest absolute Gasteiger partial charge is 0.338 e. The van der Waals surface area contributed by atoms with Crippen molar-refractivity contribution in [1.29, 1.82) is 0 Å². The lowest BCUT2D eigenvalue weighted by Crippen LogP contribution is -2.50. The first-order chi connectivity index (χ1) is 13.9. The largest absolute Gasteiger partial charge is 0.493 e. The number of esters is 2. The minimum atomic E-state index is -0.661. The topological polar surface area (TPSA) is 112 Å². The van der Waals surface area contributed by atoms with E-state index in [1.807, 2.05) is 0 Å². The highest BCUT2D eigenvalue weighted by atomic mass is 16.5. The van der Waals surface area contributed by atoms with E-state index in [2.05, 4.69) is 10.6 Å². The molecule has 1 aromatic carbocycles. The van der Waals surface area contributed by atoms with Crippen molar-refractivity contribution in [3.05, 3.63) is 41.1 Å². The van der Waals surface area contributed by atoms with Crippen LogP contribution >= 0.6 is 0 Å². The molecule has 0 spiro atoms. The van der Waals surface area contributed by atoms with Gasteiger partial charge in [-0.15, -0.1) is 0 Å². The molecule has 2 amide bonds. The van der Waals surface area contributed by atoms with E-state index in [1.165, 1.54) is 26.4 Å². The summed E-state index contributed by atoms with van der Waals surface area (Å²) in [5.41, 5.74) is 1.01. The summed E-state index contributed by atoms with van der Waals surface area (Å²) in [4.78, 5) is 36.0. The van der Waals surface area contributed by atoms with E-state index in [9.17, 15) is 14.4 Å². The zero-order valence-electron chi connectivity index (χ0n) is 16.7. The van der Waals surface area contributed by atoms with Crippen LogP contribution in [-0.4, -0.2) is 51.4 Å². The zero-order chi connectivity index (χ0) is 21.4. The average Bonchev–Trinajstić information content (AvgIpc) is 2.69. The van der Waals surface area contributed by atoms with Gasteiger partial charge in [-0.2, -0.15) is 0 Å². The molecule has 156 valence electrons. The van der Waals surface area contributed by atoms with Gasteiger partial charge in [0.1, 0.15) is 6.61 Å². The average molecular weight is 404 g/mol. The van der Waals surface area contributed by atoms with Crippen molar-refractivity contribution in [3.63, 3.8) is 0 Å². The first-order valence-electron chi connectivity index (χ1n) is 8.94. The number of amides is 2. The Kier molecular flexibility index (Phi) is 7.64. The normalized spacial score (nSPS) is 16.1. The summed E-state index contributed by atoms with van der Waals surface area (Å²) >= 11 is 0. The fraction of sp³-hybridized carbons (Fsp3) is 0.350. The first kappa shape index (κ1) is 21.8. The van der Waals surface area contributed by atoms with Crippen LogP contribution in [0.25, 0.3) is 6.08 Å². The Balaban J connectivity index is 2.12. The number of rotatable bonds is 8. The molecular weight excluding hydrogens is 380 g/mol. The number of carbonyl (C=O) groups is 3. The standard InChI is InChI=1S/C20H24N2O7/c1-5-28-19(24)17-12(2)21-20(25)22-14(17)11-29-16(23)10-9-13-7-6-8-15(26-3)18(13)27-4/h6-10,12H,5,11H2,1-4H3,(H2,21,22,25)/b10-9+/t12-/m1/s1. The molecule has 2 rings (SSSR count). The minimum Gasteiger partial charge on any atom is -0.493 e. The zero-order valence-corrected chi connectivity index (χ0v) is 16.7. The summed E-state index contributed by atoms with van der Waals surface area (Å²) in [6, 6.07) is 4.18. The summed E-state index contributed by atoms with van der Waals surface area (Å²) in [6.45, 7) is 3.21. The second kappa shape index (κ2) is 10.2. The van der Waals surface area contributed by atoms with E-state index in [4.69, 9.17) is 18.9 Å². The van der Waals surface area contributed by atoms with Gasteiger partial charge in [-0.3, -0.25) is 0 Å². The lowest BCUT2D eigenvalue weighted by molar-refractivity contribution is -0.140. The van der Waals surface area contributed by atoms with Crippen LogP contribution in [0.3, 0.4) is 0 Å². The van der Waals surface area contributed by atoms with Crippen molar-refractivity contribution < 1.29 is 33.3 Å². The van der Waals surface area contributed by atoms with E-state index in [0.717, 1.165) is 0 Å². The van der Waals surface area contributed by atoms with Crippen LogP contribution in [0.5, 0.6) is 11.5 Å². The molecule has 1 aliphatic rings. The maximum atomic E-state index is 12.2. The fourth-order valence-electron chi connectivity index (χ4n) is 2.79. The number of para-hydroxylation sites is 1. The molecule has 0 aliphatic carbocycles. The molecule has 1 heterocycles. The van der Waals surface area contributed by atoms with Gasteiger partial charge < -0.3 is 29.6 Å². The van der Waals surface area contributed by atoms with Crippen molar-refractivity contribution in [1.82, 2.24) is 10.6 Å². The summed E-state index contributed by atoms with van der Waals surface area (Å²) in [6.07, 6.45) is 2.74. The van der Waals surface area contributed by atoms with Crippen LogP contribution in [-0.2, 0) is 19.1 Å². The number of benzene rings is 1. The lowest BCUT2D eigenvalue weighted by atomic mass is 10.0. The summed E-state index contributed by atoms with van der Waals surface area (Å²) < 4.78 is 20.7. The number of hydrogen-bond donors (Lipinski definition) is 2. The van der Waals surface area contributed by atoms with Gasteiger partial charge in [0.15, 0.2) is 11.5 Å². The third-order valence-electron chi connectivity index (χ3n) is 4.06. The van der Waals surface area contributed by atoms with Gasteiger partial charge in [-0.25, -0.2) is 14.4 Å². The predicted octanol–water partition coefficient (Wildman–Crippen LogP) is 1.78. The maximum absolute atomic E-state index is 12.2. The highest BCUT2D eigenvalue weighted by Crippen LogP contribution is 2.31. The van der Waals surface area contributed by atoms with Gasteiger partial charge in [0.05, 0.1) is 38.1 Å². The van der Waals surface area contributed by atoms with Crippen molar-refractivity contribution in [3.8, 4) is 11.5 Å². The van der Waals surface area contributed by atoms with Crippen molar-refractivity contribution in [2.75, 3.05) is 27.4 Å². The Morgan fingerprint density at radius 2 is 1.93 bits per heavy atom. The number of ether oxygens (including phenoxy) is 4. The van der Waals surface area contributed by atoms with Gasteiger partial charge in [0.2, 0.25) is 0 Å². The predicted molar refractivity (Wildman–Crippen MR) is 104 cm³/mol. The summed E-state index contributed by atoms with van der Waals surface area (Å²) in [5, 5.41) is 5.06. The first-order valence-corrected chi connectivity index (χ1v) is 8.94. The molecular formula is C20H24N2O7. The van der Waals surface area contributed by atoms with Crippen LogP contribution in [0, 0.1) is 0 Å². The molecule has 0 saturated heterocycles. The third kappa shape index (κ3) is 5.50. The Bertz CT molecular complexity index is 845. The maximum Gasteiger partial charge on any atom is 0.338 e. The van der Waals surface area contributed by atoms with Gasteiger partial charge in [-0.1, -0.05) is 12.1 Å². The van der Waals surface area contributed by atoms with Crippen LogP contribution in [0.15, 0.2) is 35.5 Å². The van der Waals surface area contributed by atoms with Crippen LogP contribution in [0.2, 0.25) is 0 Å². The van der Waals surface area contributed by atoms with Crippen molar-refractivity contribution in [2.24, 2.45) is 0 Å². The van der Waals surface area contributed by atoms with Gasteiger partial charge in [0.25, 0.3) is 0 Å². The third-order valence-corrected chi connectivity index (χ3v) is 4.06. The number of urea groups is 1. The number of methoxy groups -OCH3 is 2. The summed E-state index contributed by atoms with van der Waals surface area (Å²) in [7, 11) is 3.01. The summed E-state index contributed by atoms with van der Waals surface area (Å²) in [5.74, 6) is -0.245. The second-order valence-corrected chi connectivity index (χ2v) is 5.96. The Hall–Kier alpha value is -3.49. The van der Waals surface area contributed by atoms with E-state index < -0.39 is 24.0 Å². The SMILES string of the molecule is CCOC(=O)C1=C(COC(=O)/C=C/c2cccc(OC)c2OC)NC(=O)N[C@@H]1C. The molecule has 0 bridgehead atoms. The molecule has 9 nitrogen and oxygen atoms in total. The molecule has 1 aliphatic heterocycles. The number of hydrogen-bond acceptors (Lipinski definition) is 7. The minimum absolute atomic E-state index is 0.181. The lowest BCUT2D eigenvalue weighted by Gasteiger charge is -2.26. The molecule has 0 saturated carbocycles. The molecule has 9 heteroatoms. The molecule has 0 unspecified atom stereocenters. The molecule has 0 radical (unpaired) electrons. The fourth-order valence-corrected chi connectivity index (χ4v) is 2.79. The van der Waals surface area contributed by atoms with Crippen LogP contribution in [0.4, 0.5) is 4.79 Å². The highest BCUT2D eigenvalue weighted by molar-refractivity contribution is 5.95. The van der Waals surface area contributed by atoms with E-state index in [0.29, 0.717) is 17.1 Å². The van der Waals surface area contributed by atoms with Crippen LogP contribution in [0.1, 0.15) is 19.4 Å². The van der Waals surface area contributed by atoms with Gasteiger partial charge in [0, 0.05) is 11.6 Å². The van der Waals surface area contributed by atoms with Gasteiger partial charge in [-0.05, 0) is 26.0 Å². The van der Waals surface area contributed by atoms with Crippen molar-refractivity contribution in [2.45, 2.75) is 19.9 Å². The monoisotopic (exact) mass is 404 g/mol. The number of carbonyl (C=O) groups excluding carboxylic acids is 3. The number of nitrogens with one attached hydrogen (secondary N) is 2. The Labute approximate surface area is 168 Å². The van der Waals surface area contributed by atoms with Crippen molar-refractivity contribution >= 4 is 24.0 Å². The van der Waals surface area contributed by atoms with Crippen LogP contribution < -0.4 is 20.1 Å². The Morgan fingerprint density at radius 3 is 2.59 bits per heavy atom.